The van der Waals surface area contributed by atoms with Crippen LogP contribution in [0.5, 0.6) is 0 Å². The lowest BCUT2D eigenvalue weighted by Crippen LogP contribution is -2.34. The second-order valence-corrected chi connectivity index (χ2v) is 20.9. The Morgan fingerprint density at radius 2 is 1.30 bits per heavy atom. The number of aryl methyl sites for hydroxylation is 1. The molecule has 0 saturated carbocycles. The van der Waals surface area contributed by atoms with Crippen molar-refractivity contribution in [1.29, 1.82) is 0 Å². The van der Waals surface area contributed by atoms with Crippen molar-refractivity contribution in [2.24, 2.45) is 0 Å². The summed E-state index contributed by atoms with van der Waals surface area (Å²) in [5.74, 6) is 0. The van der Waals surface area contributed by atoms with Crippen LogP contribution >= 0.6 is 0 Å². The molecule has 0 amide bonds. The molecule has 1 aliphatic rings. The molecule has 2 aromatic rings. The molecular formula is C41H64O4Si2. The van der Waals surface area contributed by atoms with Crippen LogP contribution in [0, 0.1) is 0 Å². The fourth-order valence-electron chi connectivity index (χ4n) is 5.44. The lowest BCUT2D eigenvalue weighted by Gasteiger charge is -2.33. The third-order valence-electron chi connectivity index (χ3n) is 8.32. The number of hydrogen-bond donors (Lipinski definition) is 0. The SMILES string of the molecule is CC(C)(CCCCCc1cccc(C=Cc2cc(C(C)(C)O[Si]C(C)(C)C)cc(C(C)(C)O[Si]C(C)(C)C)c2)c1)OC1CCCCO1. The molecule has 1 saturated heterocycles. The van der Waals surface area contributed by atoms with Crippen LogP contribution in [0.25, 0.3) is 12.2 Å². The normalized spacial score (nSPS) is 17.1. The van der Waals surface area contributed by atoms with Crippen LogP contribution in [-0.2, 0) is 35.9 Å². The van der Waals surface area contributed by atoms with Gasteiger partial charge in [-0.15, -0.1) is 0 Å². The molecule has 2 aromatic carbocycles. The Morgan fingerprint density at radius 1 is 0.702 bits per heavy atom. The maximum atomic E-state index is 6.55. The van der Waals surface area contributed by atoms with Crippen molar-refractivity contribution in [2.75, 3.05) is 6.61 Å². The van der Waals surface area contributed by atoms with Crippen molar-refractivity contribution in [3.63, 3.8) is 0 Å². The van der Waals surface area contributed by atoms with E-state index in [1.54, 1.807) is 0 Å². The van der Waals surface area contributed by atoms with Gasteiger partial charge in [-0.2, -0.15) is 0 Å². The van der Waals surface area contributed by atoms with E-state index in [1.165, 1.54) is 47.9 Å². The van der Waals surface area contributed by atoms with Gasteiger partial charge in [-0.05, 0) is 130 Å². The van der Waals surface area contributed by atoms with E-state index in [2.05, 4.69) is 138 Å². The number of hydrogen-bond acceptors (Lipinski definition) is 4. The van der Waals surface area contributed by atoms with E-state index in [1.807, 2.05) is 0 Å². The van der Waals surface area contributed by atoms with Crippen molar-refractivity contribution < 1.29 is 18.3 Å². The number of benzene rings is 2. The number of unbranched alkanes of at least 4 members (excludes halogenated alkanes) is 2. The molecule has 1 atom stereocenters. The van der Waals surface area contributed by atoms with Gasteiger partial charge < -0.3 is 18.3 Å². The van der Waals surface area contributed by atoms with E-state index in [0.717, 1.165) is 37.9 Å². The quantitative estimate of drug-likeness (QED) is 0.101. The largest absolute Gasteiger partial charge is 0.408 e. The zero-order valence-electron chi connectivity index (χ0n) is 31.8. The Hall–Kier alpha value is -1.55. The zero-order valence-corrected chi connectivity index (χ0v) is 33.8. The van der Waals surface area contributed by atoms with Crippen LogP contribution in [0.15, 0.2) is 42.5 Å². The van der Waals surface area contributed by atoms with Gasteiger partial charge in [-0.3, -0.25) is 0 Å². The van der Waals surface area contributed by atoms with Crippen molar-refractivity contribution in [3.05, 3.63) is 70.3 Å². The van der Waals surface area contributed by atoms with E-state index in [4.69, 9.17) is 18.3 Å². The van der Waals surface area contributed by atoms with Crippen LogP contribution in [0.4, 0.5) is 0 Å². The Labute approximate surface area is 293 Å². The summed E-state index contributed by atoms with van der Waals surface area (Å²) in [5.41, 5.74) is 5.17. The summed E-state index contributed by atoms with van der Waals surface area (Å²) >= 11 is 0. The predicted molar refractivity (Wildman–Crippen MR) is 202 cm³/mol. The average molecular weight is 677 g/mol. The van der Waals surface area contributed by atoms with Gasteiger partial charge in [0.05, 0.1) is 16.8 Å². The highest BCUT2D eigenvalue weighted by Gasteiger charge is 2.30. The first-order valence-corrected chi connectivity index (χ1v) is 19.7. The Bertz CT molecular complexity index is 1230. The molecule has 0 aliphatic carbocycles. The molecule has 1 unspecified atom stereocenters. The third kappa shape index (κ3) is 14.8. The van der Waals surface area contributed by atoms with E-state index >= 15 is 0 Å². The highest BCUT2D eigenvalue weighted by Crippen LogP contribution is 2.36. The first kappa shape index (κ1) is 39.9. The molecule has 0 spiro atoms. The van der Waals surface area contributed by atoms with Crippen molar-refractivity contribution in [3.8, 4) is 0 Å². The Balaban J connectivity index is 1.69. The van der Waals surface area contributed by atoms with Gasteiger partial charge in [0.15, 0.2) is 6.29 Å². The first-order valence-electron chi connectivity index (χ1n) is 17.9. The highest BCUT2D eigenvalue weighted by molar-refractivity contribution is 6.32. The van der Waals surface area contributed by atoms with Crippen molar-refractivity contribution >= 4 is 31.7 Å². The highest BCUT2D eigenvalue weighted by atomic mass is 28.2. The topological polar surface area (TPSA) is 36.9 Å². The molecule has 1 heterocycles. The molecule has 3 rings (SSSR count). The second-order valence-electron chi connectivity index (χ2n) is 17.1. The van der Waals surface area contributed by atoms with Gasteiger partial charge in [-0.25, -0.2) is 0 Å². The third-order valence-corrected chi connectivity index (χ3v) is 10.8. The van der Waals surface area contributed by atoms with E-state index in [-0.39, 0.29) is 22.0 Å². The van der Waals surface area contributed by atoms with Crippen LogP contribution < -0.4 is 0 Å². The van der Waals surface area contributed by atoms with Crippen molar-refractivity contribution in [2.45, 2.75) is 168 Å². The second kappa shape index (κ2) is 16.9. The molecule has 0 bridgehead atoms. The summed E-state index contributed by atoms with van der Waals surface area (Å²) in [6, 6.07) is 15.8. The van der Waals surface area contributed by atoms with Gasteiger partial charge in [-0.1, -0.05) is 96.9 Å². The zero-order chi connectivity index (χ0) is 34.9. The molecule has 1 fully saturated rings. The summed E-state index contributed by atoms with van der Waals surface area (Å²) < 4.78 is 25.2. The van der Waals surface area contributed by atoms with Crippen molar-refractivity contribution in [1.82, 2.24) is 0 Å². The molecule has 0 N–H and O–H groups in total. The van der Waals surface area contributed by atoms with E-state index < -0.39 is 11.2 Å². The van der Waals surface area contributed by atoms with Crippen LogP contribution in [0.1, 0.15) is 156 Å². The lowest BCUT2D eigenvalue weighted by molar-refractivity contribution is -0.217. The van der Waals surface area contributed by atoms with E-state index in [9.17, 15) is 0 Å². The molecule has 260 valence electrons. The molecule has 0 aromatic heterocycles. The summed E-state index contributed by atoms with van der Waals surface area (Å²) in [4.78, 5) is 0. The van der Waals surface area contributed by atoms with Gasteiger partial charge in [0.1, 0.15) is 0 Å². The first-order chi connectivity index (χ1) is 21.7. The molecule has 6 heteroatoms. The molecule has 1 aliphatic heterocycles. The van der Waals surface area contributed by atoms with Gasteiger partial charge in [0.2, 0.25) is 19.5 Å². The molecular weight excluding hydrogens is 613 g/mol. The predicted octanol–water partition coefficient (Wildman–Crippen LogP) is 11.5. The minimum Gasteiger partial charge on any atom is -0.408 e. The molecule has 47 heavy (non-hydrogen) atoms. The Kier molecular flexibility index (Phi) is 14.4. The summed E-state index contributed by atoms with van der Waals surface area (Å²) in [6.07, 6.45) is 13.6. The average Bonchev–Trinajstić information content (AvgIpc) is 2.98. The molecule has 4 nitrogen and oxygen atoms in total. The summed E-state index contributed by atoms with van der Waals surface area (Å²) in [5, 5.41) is 0.238. The van der Waals surface area contributed by atoms with Gasteiger partial charge in [0.25, 0.3) is 0 Å². The van der Waals surface area contributed by atoms with E-state index in [0.29, 0.717) is 19.5 Å². The monoisotopic (exact) mass is 676 g/mol. The number of rotatable bonds is 16. The maximum absolute atomic E-state index is 6.55. The Morgan fingerprint density at radius 3 is 1.85 bits per heavy atom. The van der Waals surface area contributed by atoms with Crippen LogP contribution in [0.2, 0.25) is 10.1 Å². The molecule has 4 radical (unpaired) electrons. The standard InChI is InChI=1S/C41H64O4Si2/c1-37(2,3)46-44-40(9,10)34-28-33(29-35(30-34)41(11,12)45-47-38(4,5)6)24-23-32-21-18-20-31(27-32)19-14-13-16-25-39(7,8)43-36-22-15-17-26-42-36/h18,20-21,23-24,27-30,36H,13-17,19,22,25-26H2,1-12H3. The summed E-state index contributed by atoms with van der Waals surface area (Å²) in [7, 11) is 0.812. The minimum atomic E-state index is -0.419. The minimum absolute atomic E-state index is 0.0224. The fourth-order valence-corrected chi connectivity index (χ4v) is 6.80. The van der Waals surface area contributed by atoms with Gasteiger partial charge >= 0.3 is 0 Å². The smallest absolute Gasteiger partial charge is 0.236 e. The maximum Gasteiger partial charge on any atom is 0.236 e. The van der Waals surface area contributed by atoms with Crippen LogP contribution in [-0.4, -0.2) is 38.0 Å². The number of ether oxygens (including phenoxy) is 2. The van der Waals surface area contributed by atoms with Gasteiger partial charge in [0, 0.05) is 6.61 Å². The summed E-state index contributed by atoms with van der Waals surface area (Å²) in [6.45, 7) is 27.4. The van der Waals surface area contributed by atoms with Crippen LogP contribution in [0.3, 0.4) is 0 Å². The fraction of sp³-hybridized carbons (Fsp3) is 0.659. The lowest BCUT2D eigenvalue weighted by atomic mass is 9.88.